The fourth-order valence-corrected chi connectivity index (χ4v) is 1.93. The number of carbonyl (C=O) groups is 2. The first-order valence-corrected chi connectivity index (χ1v) is 5.88. The summed E-state index contributed by atoms with van der Waals surface area (Å²) < 4.78 is 0. The fourth-order valence-electron chi connectivity index (χ4n) is 1.75. The zero-order chi connectivity index (χ0) is 13.3. The van der Waals surface area contributed by atoms with E-state index in [1.54, 1.807) is 11.9 Å². The van der Waals surface area contributed by atoms with Crippen LogP contribution in [-0.2, 0) is 4.79 Å². The molecule has 1 fully saturated rings. The summed E-state index contributed by atoms with van der Waals surface area (Å²) in [7, 11) is 1.71. The molecular formula is C12H13ClN2O3. The van der Waals surface area contributed by atoms with E-state index in [4.69, 9.17) is 11.6 Å². The normalized spacial score (nSPS) is 16.0. The number of benzene rings is 1. The van der Waals surface area contributed by atoms with Gasteiger partial charge in [0, 0.05) is 25.7 Å². The highest BCUT2D eigenvalue weighted by atomic mass is 35.5. The number of likely N-dealkylation sites (N-methyl/N-ethyl adjacent to an activating group) is 1. The lowest BCUT2D eigenvalue weighted by atomic mass is 10.1. The van der Waals surface area contributed by atoms with Crippen molar-refractivity contribution in [3.8, 4) is 5.75 Å². The van der Waals surface area contributed by atoms with Crippen molar-refractivity contribution >= 4 is 23.4 Å². The fraction of sp³-hybridized carbons (Fsp3) is 0.333. The molecule has 0 spiro atoms. The van der Waals surface area contributed by atoms with Gasteiger partial charge in [0.05, 0.1) is 5.02 Å². The number of phenols is 1. The molecule has 0 aliphatic carbocycles. The SMILES string of the molecule is CN1CCN(C(=O)c2ccc(O)c(Cl)c2)CC1=O. The first-order chi connectivity index (χ1) is 8.49. The molecule has 18 heavy (non-hydrogen) atoms. The first-order valence-electron chi connectivity index (χ1n) is 5.51. The van der Waals surface area contributed by atoms with Gasteiger partial charge in [-0.15, -0.1) is 0 Å². The van der Waals surface area contributed by atoms with E-state index >= 15 is 0 Å². The van der Waals surface area contributed by atoms with Gasteiger partial charge in [-0.2, -0.15) is 0 Å². The highest BCUT2D eigenvalue weighted by Crippen LogP contribution is 2.24. The highest BCUT2D eigenvalue weighted by molar-refractivity contribution is 6.32. The Morgan fingerprint density at radius 2 is 2.11 bits per heavy atom. The maximum Gasteiger partial charge on any atom is 0.254 e. The average Bonchev–Trinajstić information content (AvgIpc) is 2.35. The summed E-state index contributed by atoms with van der Waals surface area (Å²) >= 11 is 5.75. The van der Waals surface area contributed by atoms with E-state index in [9.17, 15) is 14.7 Å². The number of halogens is 1. The molecule has 0 saturated carbocycles. The molecule has 6 heteroatoms. The molecule has 1 saturated heterocycles. The van der Waals surface area contributed by atoms with Gasteiger partial charge in [-0.3, -0.25) is 9.59 Å². The molecule has 1 aromatic rings. The number of hydrogen-bond acceptors (Lipinski definition) is 3. The molecule has 0 radical (unpaired) electrons. The molecule has 2 amide bonds. The maximum absolute atomic E-state index is 12.1. The number of rotatable bonds is 1. The third kappa shape index (κ3) is 2.41. The second kappa shape index (κ2) is 4.86. The molecule has 1 aliphatic heterocycles. The zero-order valence-corrected chi connectivity index (χ0v) is 10.6. The topological polar surface area (TPSA) is 60.9 Å². The van der Waals surface area contributed by atoms with Gasteiger partial charge in [0.25, 0.3) is 5.91 Å². The van der Waals surface area contributed by atoms with E-state index in [2.05, 4.69) is 0 Å². The van der Waals surface area contributed by atoms with Gasteiger partial charge >= 0.3 is 0 Å². The van der Waals surface area contributed by atoms with Crippen molar-refractivity contribution in [3.05, 3.63) is 28.8 Å². The van der Waals surface area contributed by atoms with E-state index in [1.807, 2.05) is 0 Å². The Labute approximate surface area is 110 Å². The Morgan fingerprint density at radius 1 is 1.39 bits per heavy atom. The number of phenolic OH excluding ortho intramolecular Hbond substituents is 1. The molecule has 5 nitrogen and oxygen atoms in total. The number of aromatic hydroxyl groups is 1. The van der Waals surface area contributed by atoms with Crippen molar-refractivity contribution in [2.75, 3.05) is 26.7 Å². The van der Waals surface area contributed by atoms with Crippen LogP contribution in [0.25, 0.3) is 0 Å². The Kier molecular flexibility index (Phi) is 3.43. The van der Waals surface area contributed by atoms with Crippen LogP contribution in [0.3, 0.4) is 0 Å². The van der Waals surface area contributed by atoms with Crippen molar-refractivity contribution in [1.82, 2.24) is 9.80 Å². The van der Waals surface area contributed by atoms with Crippen LogP contribution in [0.5, 0.6) is 5.75 Å². The summed E-state index contributed by atoms with van der Waals surface area (Å²) in [6.45, 7) is 1.10. The van der Waals surface area contributed by atoms with Crippen LogP contribution in [0, 0.1) is 0 Å². The monoisotopic (exact) mass is 268 g/mol. The molecule has 0 bridgehead atoms. The third-order valence-electron chi connectivity index (χ3n) is 2.94. The van der Waals surface area contributed by atoms with Crippen molar-refractivity contribution in [2.24, 2.45) is 0 Å². The van der Waals surface area contributed by atoms with Gasteiger partial charge < -0.3 is 14.9 Å². The Balaban J connectivity index is 2.16. The minimum absolute atomic E-state index is 0.0670. The van der Waals surface area contributed by atoms with Crippen molar-refractivity contribution in [1.29, 1.82) is 0 Å². The molecule has 1 aliphatic rings. The molecular weight excluding hydrogens is 256 g/mol. The van der Waals surface area contributed by atoms with Crippen molar-refractivity contribution in [3.63, 3.8) is 0 Å². The summed E-state index contributed by atoms with van der Waals surface area (Å²) in [6, 6.07) is 4.27. The van der Waals surface area contributed by atoms with Crippen LogP contribution in [0.4, 0.5) is 0 Å². The Morgan fingerprint density at radius 3 is 2.72 bits per heavy atom. The van der Waals surface area contributed by atoms with Gasteiger partial charge in [-0.05, 0) is 18.2 Å². The Hall–Kier alpha value is -1.75. The summed E-state index contributed by atoms with van der Waals surface area (Å²) in [5.41, 5.74) is 0.371. The van der Waals surface area contributed by atoms with Gasteiger partial charge in [0.2, 0.25) is 5.91 Å². The molecule has 1 heterocycles. The molecule has 0 atom stereocenters. The second-order valence-corrected chi connectivity index (χ2v) is 4.62. The molecule has 1 aromatic carbocycles. The first kappa shape index (κ1) is 12.7. The standard InChI is InChI=1S/C12H13ClN2O3/c1-14-4-5-15(7-11(14)17)12(18)8-2-3-10(16)9(13)6-8/h2-3,6,16H,4-5,7H2,1H3. The van der Waals surface area contributed by atoms with E-state index in [1.165, 1.54) is 23.1 Å². The lowest BCUT2D eigenvalue weighted by Crippen LogP contribution is -2.50. The van der Waals surface area contributed by atoms with Crippen LogP contribution >= 0.6 is 11.6 Å². The summed E-state index contributed by atoms with van der Waals surface area (Å²) in [4.78, 5) is 26.7. The van der Waals surface area contributed by atoms with Gasteiger partial charge in [-0.1, -0.05) is 11.6 Å². The smallest absolute Gasteiger partial charge is 0.254 e. The number of nitrogens with zero attached hydrogens (tertiary/aromatic N) is 2. The van der Waals surface area contributed by atoms with Crippen LogP contribution in [0.2, 0.25) is 5.02 Å². The predicted molar refractivity (Wildman–Crippen MR) is 66.7 cm³/mol. The molecule has 96 valence electrons. The van der Waals surface area contributed by atoms with Gasteiger partial charge in [0.15, 0.2) is 0 Å². The van der Waals surface area contributed by atoms with Gasteiger partial charge in [0.1, 0.15) is 12.3 Å². The summed E-state index contributed by atoms with van der Waals surface area (Å²) in [5.74, 6) is -0.402. The van der Waals surface area contributed by atoms with E-state index in [0.29, 0.717) is 18.7 Å². The summed E-state index contributed by atoms with van der Waals surface area (Å²) in [5, 5.41) is 9.42. The highest BCUT2D eigenvalue weighted by Gasteiger charge is 2.25. The molecule has 1 N–H and O–H groups in total. The van der Waals surface area contributed by atoms with Crippen LogP contribution in [-0.4, -0.2) is 53.4 Å². The average molecular weight is 269 g/mol. The second-order valence-electron chi connectivity index (χ2n) is 4.21. The van der Waals surface area contributed by atoms with Crippen molar-refractivity contribution in [2.45, 2.75) is 0 Å². The number of hydrogen-bond donors (Lipinski definition) is 1. The van der Waals surface area contributed by atoms with E-state index < -0.39 is 0 Å². The molecule has 0 aromatic heterocycles. The zero-order valence-electron chi connectivity index (χ0n) is 9.89. The van der Waals surface area contributed by atoms with Gasteiger partial charge in [-0.25, -0.2) is 0 Å². The number of piperazine rings is 1. The molecule has 2 rings (SSSR count). The van der Waals surface area contributed by atoms with E-state index in [-0.39, 0.29) is 29.1 Å². The number of carbonyl (C=O) groups excluding carboxylic acids is 2. The van der Waals surface area contributed by atoms with Crippen LogP contribution in [0.1, 0.15) is 10.4 Å². The lowest BCUT2D eigenvalue weighted by Gasteiger charge is -2.32. The minimum atomic E-state index is -0.252. The minimum Gasteiger partial charge on any atom is -0.506 e. The Bertz CT molecular complexity index is 504. The number of amides is 2. The van der Waals surface area contributed by atoms with Crippen LogP contribution in [0.15, 0.2) is 18.2 Å². The quantitative estimate of drug-likeness (QED) is 0.825. The maximum atomic E-state index is 12.1. The largest absolute Gasteiger partial charge is 0.506 e. The lowest BCUT2D eigenvalue weighted by molar-refractivity contribution is -0.133. The molecule has 0 unspecified atom stereocenters. The third-order valence-corrected chi connectivity index (χ3v) is 3.24. The van der Waals surface area contributed by atoms with E-state index in [0.717, 1.165) is 0 Å². The van der Waals surface area contributed by atoms with Crippen molar-refractivity contribution < 1.29 is 14.7 Å². The van der Waals surface area contributed by atoms with Crippen LogP contribution < -0.4 is 0 Å². The summed E-state index contributed by atoms with van der Waals surface area (Å²) in [6.07, 6.45) is 0. The predicted octanol–water partition coefficient (Wildman–Crippen LogP) is 0.960.